The van der Waals surface area contributed by atoms with Crippen LogP contribution in [0.2, 0.25) is 0 Å². The van der Waals surface area contributed by atoms with Crippen molar-refractivity contribution in [2.24, 2.45) is 5.92 Å². The smallest absolute Gasteiger partial charge is 0.0700 e. The van der Waals surface area contributed by atoms with Gasteiger partial charge in [-0.05, 0) is 51.2 Å². The van der Waals surface area contributed by atoms with Gasteiger partial charge in [-0.2, -0.15) is 0 Å². The van der Waals surface area contributed by atoms with Crippen molar-refractivity contribution in [2.75, 3.05) is 53.0 Å². The van der Waals surface area contributed by atoms with Gasteiger partial charge in [0, 0.05) is 26.8 Å². The quantitative estimate of drug-likeness (QED) is 0.740. The number of ether oxygens (including phenoxy) is 2. The molecule has 2 aliphatic rings. The topological polar surface area (TPSA) is 33.7 Å². The van der Waals surface area contributed by atoms with E-state index in [9.17, 15) is 0 Å². The summed E-state index contributed by atoms with van der Waals surface area (Å²) in [6.45, 7) is 7.59. The second-order valence-corrected chi connectivity index (χ2v) is 5.57. The second kappa shape index (κ2) is 8.10. The highest BCUT2D eigenvalue weighted by molar-refractivity contribution is 4.75. The first kappa shape index (κ1) is 14.3. The van der Waals surface area contributed by atoms with Crippen LogP contribution < -0.4 is 5.32 Å². The number of hydrogen-bond donors (Lipinski definition) is 1. The predicted molar refractivity (Wildman–Crippen MR) is 72.9 cm³/mol. The van der Waals surface area contributed by atoms with Gasteiger partial charge in [0.25, 0.3) is 0 Å². The van der Waals surface area contributed by atoms with Gasteiger partial charge in [-0.25, -0.2) is 0 Å². The first-order valence-corrected chi connectivity index (χ1v) is 7.42. The van der Waals surface area contributed by atoms with Gasteiger partial charge in [0.15, 0.2) is 0 Å². The van der Waals surface area contributed by atoms with Crippen molar-refractivity contribution >= 4 is 0 Å². The van der Waals surface area contributed by atoms with Gasteiger partial charge < -0.3 is 19.7 Å². The lowest BCUT2D eigenvalue weighted by atomic mass is 9.97. The third-order valence-electron chi connectivity index (χ3n) is 4.15. The molecule has 2 rings (SSSR count). The largest absolute Gasteiger partial charge is 0.383 e. The molecule has 0 spiro atoms. The lowest BCUT2D eigenvalue weighted by molar-refractivity contribution is 0.103. The van der Waals surface area contributed by atoms with Gasteiger partial charge in [0.2, 0.25) is 0 Å². The van der Waals surface area contributed by atoms with E-state index in [4.69, 9.17) is 9.47 Å². The Bertz CT molecular complexity index is 212. The minimum atomic E-state index is 0.479. The summed E-state index contributed by atoms with van der Waals surface area (Å²) in [4.78, 5) is 2.51. The van der Waals surface area contributed by atoms with Gasteiger partial charge in [-0.3, -0.25) is 0 Å². The molecule has 0 aliphatic carbocycles. The standard InChI is InChI=1S/C14H28N2O2/c1-17-10-8-16-6-4-13(5-7-16)11-15-12-14-3-2-9-18-14/h13-15H,2-12H2,1H3/t14-/m0/s1. The summed E-state index contributed by atoms with van der Waals surface area (Å²) in [5, 5.41) is 3.59. The molecule has 0 saturated carbocycles. The first-order chi connectivity index (χ1) is 8.88. The fourth-order valence-corrected chi connectivity index (χ4v) is 2.89. The van der Waals surface area contributed by atoms with Crippen molar-refractivity contribution in [3.05, 3.63) is 0 Å². The van der Waals surface area contributed by atoms with E-state index in [1.807, 2.05) is 0 Å². The molecule has 4 heteroatoms. The molecule has 106 valence electrons. The van der Waals surface area contributed by atoms with Crippen molar-refractivity contribution < 1.29 is 9.47 Å². The number of methoxy groups -OCH3 is 1. The van der Waals surface area contributed by atoms with Crippen LogP contribution in [0.15, 0.2) is 0 Å². The van der Waals surface area contributed by atoms with E-state index >= 15 is 0 Å². The van der Waals surface area contributed by atoms with E-state index in [1.54, 1.807) is 7.11 Å². The summed E-state index contributed by atoms with van der Waals surface area (Å²) in [6, 6.07) is 0. The van der Waals surface area contributed by atoms with Crippen molar-refractivity contribution in [3.63, 3.8) is 0 Å². The van der Waals surface area contributed by atoms with Crippen molar-refractivity contribution in [3.8, 4) is 0 Å². The fourth-order valence-electron chi connectivity index (χ4n) is 2.89. The summed E-state index contributed by atoms with van der Waals surface area (Å²) >= 11 is 0. The van der Waals surface area contributed by atoms with Crippen LogP contribution in [0.25, 0.3) is 0 Å². The summed E-state index contributed by atoms with van der Waals surface area (Å²) in [5.41, 5.74) is 0. The molecule has 18 heavy (non-hydrogen) atoms. The van der Waals surface area contributed by atoms with Crippen LogP contribution in [0.5, 0.6) is 0 Å². The maximum atomic E-state index is 5.62. The molecular formula is C14H28N2O2. The Morgan fingerprint density at radius 2 is 2.06 bits per heavy atom. The number of nitrogens with one attached hydrogen (secondary N) is 1. The third-order valence-corrected chi connectivity index (χ3v) is 4.15. The summed E-state index contributed by atoms with van der Waals surface area (Å²) in [7, 11) is 1.78. The summed E-state index contributed by atoms with van der Waals surface area (Å²) < 4.78 is 10.7. The molecule has 1 N–H and O–H groups in total. The Kier molecular flexibility index (Phi) is 6.41. The van der Waals surface area contributed by atoms with Gasteiger partial charge in [0.05, 0.1) is 12.7 Å². The van der Waals surface area contributed by atoms with Crippen molar-refractivity contribution in [1.29, 1.82) is 0 Å². The number of likely N-dealkylation sites (tertiary alicyclic amines) is 1. The first-order valence-electron chi connectivity index (χ1n) is 7.42. The summed E-state index contributed by atoms with van der Waals surface area (Å²) in [5.74, 6) is 0.852. The monoisotopic (exact) mass is 256 g/mol. The van der Waals surface area contributed by atoms with E-state index < -0.39 is 0 Å². The molecule has 0 aromatic heterocycles. The van der Waals surface area contributed by atoms with E-state index in [0.29, 0.717) is 6.10 Å². The Balaban J connectivity index is 1.50. The molecule has 0 aromatic rings. The van der Waals surface area contributed by atoms with Crippen LogP contribution in [-0.4, -0.2) is 64.1 Å². The normalized spacial score (nSPS) is 26.8. The Hall–Kier alpha value is -0.160. The van der Waals surface area contributed by atoms with E-state index in [1.165, 1.54) is 38.8 Å². The average molecular weight is 256 g/mol. The lowest BCUT2D eigenvalue weighted by Crippen LogP contribution is -2.39. The molecule has 2 saturated heterocycles. The van der Waals surface area contributed by atoms with Crippen LogP contribution >= 0.6 is 0 Å². The zero-order valence-electron chi connectivity index (χ0n) is 11.7. The highest BCUT2D eigenvalue weighted by atomic mass is 16.5. The van der Waals surface area contributed by atoms with E-state index in [0.717, 1.165) is 38.8 Å². The highest BCUT2D eigenvalue weighted by Crippen LogP contribution is 2.16. The molecule has 0 amide bonds. The highest BCUT2D eigenvalue weighted by Gasteiger charge is 2.20. The zero-order chi connectivity index (χ0) is 12.6. The predicted octanol–water partition coefficient (Wildman–Crippen LogP) is 1.11. The summed E-state index contributed by atoms with van der Waals surface area (Å²) in [6.07, 6.45) is 5.60. The minimum Gasteiger partial charge on any atom is -0.383 e. The number of rotatable bonds is 7. The minimum absolute atomic E-state index is 0.479. The van der Waals surface area contributed by atoms with Gasteiger partial charge in [-0.15, -0.1) is 0 Å². The van der Waals surface area contributed by atoms with E-state index in [2.05, 4.69) is 10.2 Å². The number of piperidine rings is 1. The maximum Gasteiger partial charge on any atom is 0.0700 e. The number of nitrogens with zero attached hydrogens (tertiary/aromatic N) is 1. The maximum absolute atomic E-state index is 5.62. The third kappa shape index (κ3) is 4.84. The van der Waals surface area contributed by atoms with Gasteiger partial charge >= 0.3 is 0 Å². The molecular weight excluding hydrogens is 228 g/mol. The molecule has 2 fully saturated rings. The Labute approximate surface area is 111 Å². The molecule has 2 heterocycles. The van der Waals surface area contributed by atoms with Crippen LogP contribution in [0.3, 0.4) is 0 Å². The van der Waals surface area contributed by atoms with Crippen LogP contribution in [0.1, 0.15) is 25.7 Å². The number of hydrogen-bond acceptors (Lipinski definition) is 4. The molecule has 1 atom stereocenters. The van der Waals surface area contributed by atoms with Crippen LogP contribution in [0, 0.1) is 5.92 Å². The van der Waals surface area contributed by atoms with Gasteiger partial charge in [0.1, 0.15) is 0 Å². The lowest BCUT2D eigenvalue weighted by Gasteiger charge is -2.32. The van der Waals surface area contributed by atoms with Crippen molar-refractivity contribution in [2.45, 2.75) is 31.8 Å². The molecule has 0 bridgehead atoms. The SMILES string of the molecule is COCCN1CCC(CNC[C@@H]2CCCO2)CC1. The second-order valence-electron chi connectivity index (χ2n) is 5.57. The van der Waals surface area contributed by atoms with Crippen LogP contribution in [0.4, 0.5) is 0 Å². The average Bonchev–Trinajstić information content (AvgIpc) is 2.91. The fraction of sp³-hybridized carbons (Fsp3) is 1.00. The van der Waals surface area contributed by atoms with E-state index in [-0.39, 0.29) is 0 Å². The van der Waals surface area contributed by atoms with Crippen LogP contribution in [-0.2, 0) is 9.47 Å². The molecule has 0 unspecified atom stereocenters. The molecule has 2 aliphatic heterocycles. The molecule has 4 nitrogen and oxygen atoms in total. The Morgan fingerprint density at radius 1 is 1.22 bits per heavy atom. The van der Waals surface area contributed by atoms with Gasteiger partial charge in [-0.1, -0.05) is 0 Å². The molecule has 0 aromatic carbocycles. The zero-order valence-corrected chi connectivity index (χ0v) is 11.7. The molecule has 0 radical (unpaired) electrons. The Morgan fingerprint density at radius 3 is 2.72 bits per heavy atom. The van der Waals surface area contributed by atoms with Crippen molar-refractivity contribution in [1.82, 2.24) is 10.2 Å².